The van der Waals surface area contributed by atoms with Crippen LogP contribution in [0, 0.1) is 0 Å². The van der Waals surface area contributed by atoms with Gasteiger partial charge >= 0.3 is 0 Å². The molecule has 3 aromatic heterocycles. The van der Waals surface area contributed by atoms with E-state index in [-0.39, 0.29) is 16.7 Å². The van der Waals surface area contributed by atoms with Crippen LogP contribution in [0.3, 0.4) is 0 Å². The SMILES string of the molecule is CCOc1cccc2sc(N(CCn3cccn3)C(=O)C3CCCN3S(=O)(=O)c3ccc(Cl)s3)nc12. The number of nitrogens with zero attached hydrogens (tertiary/aromatic N) is 5. The van der Waals surface area contributed by atoms with Gasteiger partial charge in [-0.05, 0) is 50.1 Å². The number of thiophene rings is 1. The second-order valence-electron chi connectivity index (χ2n) is 8.12. The van der Waals surface area contributed by atoms with Gasteiger partial charge < -0.3 is 4.74 Å². The Balaban J connectivity index is 1.50. The fraction of sp³-hybridized carbons (Fsp3) is 0.348. The Morgan fingerprint density at radius 3 is 2.83 bits per heavy atom. The highest BCUT2D eigenvalue weighted by Gasteiger charge is 2.42. The van der Waals surface area contributed by atoms with Gasteiger partial charge in [-0.15, -0.1) is 11.3 Å². The van der Waals surface area contributed by atoms with E-state index in [0.717, 1.165) is 16.0 Å². The molecule has 5 rings (SSSR count). The first kappa shape index (κ1) is 25.2. The summed E-state index contributed by atoms with van der Waals surface area (Å²) in [7, 11) is -3.86. The summed E-state index contributed by atoms with van der Waals surface area (Å²) in [5.74, 6) is 0.347. The van der Waals surface area contributed by atoms with Crippen molar-refractivity contribution in [3.05, 3.63) is 53.1 Å². The molecular formula is C23H24ClN5O4S3. The third kappa shape index (κ3) is 4.88. The number of thiazole rings is 1. The lowest BCUT2D eigenvalue weighted by molar-refractivity contribution is -0.121. The Morgan fingerprint density at radius 1 is 1.25 bits per heavy atom. The van der Waals surface area contributed by atoms with Crippen LogP contribution in [0.1, 0.15) is 19.8 Å². The number of sulfonamides is 1. The summed E-state index contributed by atoms with van der Waals surface area (Å²) in [5.41, 5.74) is 0.681. The molecular weight excluding hydrogens is 542 g/mol. The van der Waals surface area contributed by atoms with Crippen molar-refractivity contribution in [3.63, 3.8) is 0 Å². The van der Waals surface area contributed by atoms with Crippen molar-refractivity contribution in [2.24, 2.45) is 0 Å². The summed E-state index contributed by atoms with van der Waals surface area (Å²) >= 11 is 8.37. The molecule has 1 amide bonds. The summed E-state index contributed by atoms with van der Waals surface area (Å²) in [4.78, 5) is 20.3. The molecule has 1 atom stereocenters. The van der Waals surface area contributed by atoms with Gasteiger partial charge in [-0.2, -0.15) is 9.40 Å². The van der Waals surface area contributed by atoms with Gasteiger partial charge in [0.15, 0.2) is 5.13 Å². The Bertz CT molecular complexity index is 1470. The van der Waals surface area contributed by atoms with Crippen molar-refractivity contribution in [2.75, 3.05) is 24.6 Å². The number of rotatable bonds is 9. The van der Waals surface area contributed by atoms with Crippen LogP contribution in [-0.2, 0) is 21.4 Å². The smallest absolute Gasteiger partial charge is 0.253 e. The van der Waals surface area contributed by atoms with E-state index in [1.165, 1.54) is 21.7 Å². The van der Waals surface area contributed by atoms with E-state index in [4.69, 9.17) is 21.3 Å². The molecule has 13 heteroatoms. The van der Waals surface area contributed by atoms with E-state index in [9.17, 15) is 13.2 Å². The number of halogens is 1. The van der Waals surface area contributed by atoms with E-state index >= 15 is 0 Å². The lowest BCUT2D eigenvalue weighted by Gasteiger charge is -2.28. The second kappa shape index (κ2) is 10.5. The zero-order valence-electron chi connectivity index (χ0n) is 19.4. The van der Waals surface area contributed by atoms with Crippen LogP contribution in [0.15, 0.2) is 53.0 Å². The van der Waals surface area contributed by atoms with Crippen LogP contribution in [0.5, 0.6) is 5.75 Å². The molecule has 1 saturated heterocycles. The third-order valence-electron chi connectivity index (χ3n) is 5.88. The van der Waals surface area contributed by atoms with Crippen LogP contribution in [0.25, 0.3) is 10.2 Å². The normalized spacial score (nSPS) is 16.6. The molecule has 1 unspecified atom stereocenters. The van der Waals surface area contributed by atoms with Gasteiger partial charge in [0.2, 0.25) is 5.91 Å². The fourth-order valence-electron chi connectivity index (χ4n) is 4.24. The molecule has 0 bridgehead atoms. The molecule has 0 spiro atoms. The molecule has 9 nitrogen and oxygen atoms in total. The summed E-state index contributed by atoms with van der Waals surface area (Å²) in [6.45, 7) is 3.40. The topological polar surface area (TPSA) is 97.6 Å². The third-order valence-corrected chi connectivity index (χ3v) is 10.5. The van der Waals surface area contributed by atoms with Gasteiger partial charge in [-0.1, -0.05) is 29.0 Å². The number of fused-ring (bicyclic) bond motifs is 1. The number of para-hydroxylation sites is 1. The lowest BCUT2D eigenvalue weighted by atomic mass is 10.2. The van der Waals surface area contributed by atoms with E-state index < -0.39 is 16.1 Å². The Kier molecular flexibility index (Phi) is 7.31. The highest BCUT2D eigenvalue weighted by molar-refractivity contribution is 7.91. The summed E-state index contributed by atoms with van der Waals surface area (Å²) in [6.07, 6.45) is 4.53. The summed E-state index contributed by atoms with van der Waals surface area (Å²) in [5, 5.41) is 4.74. The minimum atomic E-state index is -3.86. The first-order chi connectivity index (χ1) is 17.4. The average molecular weight is 566 g/mol. The number of carbonyl (C=O) groups excluding carboxylic acids is 1. The summed E-state index contributed by atoms with van der Waals surface area (Å²) in [6, 6.07) is 9.70. The summed E-state index contributed by atoms with van der Waals surface area (Å²) < 4.78 is 36.9. The minimum Gasteiger partial charge on any atom is -0.492 e. The molecule has 1 aliphatic heterocycles. The molecule has 0 N–H and O–H groups in total. The second-order valence-corrected chi connectivity index (χ2v) is 13.0. The monoisotopic (exact) mass is 565 g/mol. The van der Waals surface area contributed by atoms with Crippen molar-refractivity contribution in [1.29, 1.82) is 0 Å². The predicted molar refractivity (Wildman–Crippen MR) is 142 cm³/mol. The van der Waals surface area contributed by atoms with Crippen molar-refractivity contribution in [2.45, 2.75) is 36.6 Å². The highest BCUT2D eigenvalue weighted by Crippen LogP contribution is 2.37. The van der Waals surface area contributed by atoms with Gasteiger partial charge in [0.25, 0.3) is 10.0 Å². The first-order valence-electron chi connectivity index (χ1n) is 11.5. The molecule has 0 radical (unpaired) electrons. The Hall–Kier alpha value is -2.51. The van der Waals surface area contributed by atoms with Crippen molar-refractivity contribution in [1.82, 2.24) is 19.1 Å². The van der Waals surface area contributed by atoms with Gasteiger partial charge in [-0.3, -0.25) is 14.4 Å². The van der Waals surface area contributed by atoms with Gasteiger partial charge in [-0.25, -0.2) is 13.4 Å². The number of benzene rings is 1. The van der Waals surface area contributed by atoms with E-state index in [1.54, 1.807) is 21.8 Å². The molecule has 4 heterocycles. The standard InChI is InChI=1S/C23H24ClN5O4S3/c1-2-33-17-7-3-8-18-21(17)26-23(34-18)28(15-14-27-12-5-11-25-27)22(30)16-6-4-13-29(16)36(31,32)20-10-9-19(24)35-20/h3,5,7-12,16H,2,4,6,13-15H2,1H3. The predicted octanol–water partition coefficient (Wildman–Crippen LogP) is 4.49. The van der Waals surface area contributed by atoms with Crippen LogP contribution in [-0.4, -0.2) is 59.1 Å². The van der Waals surface area contributed by atoms with E-state index in [0.29, 0.717) is 53.3 Å². The minimum absolute atomic E-state index is 0.136. The largest absolute Gasteiger partial charge is 0.492 e. The number of carbonyl (C=O) groups is 1. The van der Waals surface area contributed by atoms with Crippen molar-refractivity contribution >= 4 is 65.6 Å². The number of aromatic nitrogens is 3. The Labute approximate surface area is 221 Å². The number of amides is 1. The highest BCUT2D eigenvalue weighted by atomic mass is 35.5. The van der Waals surface area contributed by atoms with E-state index in [2.05, 4.69) is 5.10 Å². The fourth-order valence-corrected chi connectivity index (χ4v) is 8.52. The first-order valence-corrected chi connectivity index (χ1v) is 14.9. The molecule has 0 saturated carbocycles. The lowest BCUT2D eigenvalue weighted by Crippen LogP contribution is -2.48. The molecule has 4 aromatic rings. The quantitative estimate of drug-likeness (QED) is 0.296. The number of ether oxygens (including phenoxy) is 1. The number of anilines is 1. The maximum Gasteiger partial charge on any atom is 0.253 e. The van der Waals surface area contributed by atoms with Gasteiger partial charge in [0, 0.05) is 25.5 Å². The van der Waals surface area contributed by atoms with Crippen molar-refractivity contribution < 1.29 is 17.9 Å². The average Bonchev–Trinajstić information content (AvgIpc) is 3.66. The molecule has 36 heavy (non-hydrogen) atoms. The molecule has 1 aliphatic rings. The zero-order chi connectivity index (χ0) is 25.3. The maximum atomic E-state index is 14.0. The van der Waals surface area contributed by atoms with Crippen LogP contribution in [0.4, 0.5) is 5.13 Å². The molecule has 1 fully saturated rings. The molecule has 1 aromatic carbocycles. The van der Waals surface area contributed by atoms with E-state index in [1.807, 2.05) is 37.4 Å². The zero-order valence-corrected chi connectivity index (χ0v) is 22.6. The van der Waals surface area contributed by atoms with Gasteiger partial charge in [0.1, 0.15) is 21.5 Å². The Morgan fingerprint density at radius 2 is 2.11 bits per heavy atom. The maximum absolute atomic E-state index is 14.0. The van der Waals surface area contributed by atoms with Crippen LogP contribution >= 0.6 is 34.3 Å². The van der Waals surface area contributed by atoms with Crippen LogP contribution in [0.2, 0.25) is 4.34 Å². The van der Waals surface area contributed by atoms with Crippen LogP contribution < -0.4 is 9.64 Å². The van der Waals surface area contributed by atoms with Crippen molar-refractivity contribution in [3.8, 4) is 5.75 Å². The molecule has 190 valence electrons. The molecule has 0 aliphatic carbocycles. The number of hydrogen-bond acceptors (Lipinski definition) is 8. The van der Waals surface area contributed by atoms with Gasteiger partial charge in [0.05, 0.1) is 22.2 Å². The number of hydrogen-bond donors (Lipinski definition) is 0.